The van der Waals surface area contributed by atoms with Gasteiger partial charge in [0.05, 0.1) is 5.69 Å². The largest absolute Gasteiger partial charge is 0.369 e. The normalized spacial score (nSPS) is 10.4. The molecule has 0 amide bonds. The summed E-state index contributed by atoms with van der Waals surface area (Å²) in [7, 11) is 0. The molecular weight excluding hydrogens is 218 g/mol. The highest BCUT2D eigenvalue weighted by Crippen LogP contribution is 2.25. The van der Waals surface area contributed by atoms with Crippen LogP contribution in [-0.2, 0) is 0 Å². The lowest BCUT2D eigenvalue weighted by atomic mass is 10.2. The molecule has 0 spiro atoms. The molecule has 4 heteroatoms. The van der Waals surface area contributed by atoms with Gasteiger partial charge in [-0.05, 0) is 36.9 Å². The molecule has 2 aromatic rings. The van der Waals surface area contributed by atoms with E-state index in [0.29, 0.717) is 0 Å². The van der Waals surface area contributed by atoms with Gasteiger partial charge in [0.25, 0.3) is 0 Å². The number of hydrogen-bond donors (Lipinski definition) is 1. The van der Waals surface area contributed by atoms with Crippen LogP contribution in [0.15, 0.2) is 23.6 Å². The molecular formula is C12H15N3S. The second-order valence-electron chi connectivity index (χ2n) is 3.62. The van der Waals surface area contributed by atoms with Crippen molar-refractivity contribution in [3.63, 3.8) is 0 Å². The molecule has 0 unspecified atom stereocenters. The zero-order chi connectivity index (χ0) is 11.4. The van der Waals surface area contributed by atoms with Gasteiger partial charge < -0.3 is 5.32 Å². The lowest BCUT2D eigenvalue weighted by Crippen LogP contribution is -2.02. The van der Waals surface area contributed by atoms with Gasteiger partial charge in [-0.15, -0.1) is 21.5 Å². The van der Waals surface area contributed by atoms with Crippen LogP contribution in [0.1, 0.15) is 18.2 Å². The molecule has 2 heterocycles. The van der Waals surface area contributed by atoms with Gasteiger partial charge in [0.1, 0.15) is 5.82 Å². The summed E-state index contributed by atoms with van der Waals surface area (Å²) < 4.78 is 0. The summed E-state index contributed by atoms with van der Waals surface area (Å²) in [4.78, 5) is 1.28. The Kier molecular flexibility index (Phi) is 3.51. The molecule has 0 saturated carbocycles. The second kappa shape index (κ2) is 5.07. The summed E-state index contributed by atoms with van der Waals surface area (Å²) in [6.07, 6.45) is 1.09. The first-order chi connectivity index (χ1) is 7.81. The van der Waals surface area contributed by atoms with E-state index >= 15 is 0 Å². The molecule has 0 fully saturated rings. The van der Waals surface area contributed by atoms with Crippen molar-refractivity contribution in [1.29, 1.82) is 0 Å². The predicted molar refractivity (Wildman–Crippen MR) is 68.9 cm³/mol. The summed E-state index contributed by atoms with van der Waals surface area (Å²) in [5.74, 6) is 0.846. The third-order valence-corrected chi connectivity index (χ3v) is 3.20. The van der Waals surface area contributed by atoms with E-state index in [0.717, 1.165) is 24.5 Å². The number of aryl methyl sites for hydroxylation is 1. The van der Waals surface area contributed by atoms with E-state index in [-0.39, 0.29) is 0 Å². The molecule has 0 atom stereocenters. The number of anilines is 1. The van der Waals surface area contributed by atoms with Gasteiger partial charge in [-0.25, -0.2) is 0 Å². The quantitative estimate of drug-likeness (QED) is 0.880. The van der Waals surface area contributed by atoms with E-state index < -0.39 is 0 Å². The molecule has 16 heavy (non-hydrogen) atoms. The third-order valence-electron chi connectivity index (χ3n) is 2.36. The standard InChI is InChI=1S/C12H15N3S/c1-3-7-13-12-5-4-11(14-15-12)10-6-8-16-9(10)2/h4-6,8H,3,7H2,1-2H3,(H,13,15). The van der Waals surface area contributed by atoms with Gasteiger partial charge in [-0.1, -0.05) is 6.92 Å². The maximum absolute atomic E-state index is 4.23. The Morgan fingerprint density at radius 1 is 1.25 bits per heavy atom. The summed E-state index contributed by atoms with van der Waals surface area (Å²) in [5.41, 5.74) is 2.13. The van der Waals surface area contributed by atoms with Crippen LogP contribution in [0.5, 0.6) is 0 Å². The Balaban J connectivity index is 2.16. The first kappa shape index (κ1) is 11.1. The molecule has 0 bridgehead atoms. The first-order valence-corrected chi connectivity index (χ1v) is 6.31. The van der Waals surface area contributed by atoms with E-state index in [4.69, 9.17) is 0 Å². The topological polar surface area (TPSA) is 37.8 Å². The Labute approximate surface area is 99.5 Å². The van der Waals surface area contributed by atoms with Crippen LogP contribution in [0.3, 0.4) is 0 Å². The molecule has 0 aliphatic carbocycles. The second-order valence-corrected chi connectivity index (χ2v) is 4.74. The van der Waals surface area contributed by atoms with Crippen molar-refractivity contribution in [2.24, 2.45) is 0 Å². The third kappa shape index (κ3) is 2.39. The lowest BCUT2D eigenvalue weighted by Gasteiger charge is -2.03. The van der Waals surface area contributed by atoms with Crippen molar-refractivity contribution >= 4 is 17.2 Å². The molecule has 1 N–H and O–H groups in total. The molecule has 0 aliphatic rings. The van der Waals surface area contributed by atoms with Crippen molar-refractivity contribution in [3.05, 3.63) is 28.5 Å². The molecule has 3 nitrogen and oxygen atoms in total. The van der Waals surface area contributed by atoms with Crippen LogP contribution >= 0.6 is 11.3 Å². The van der Waals surface area contributed by atoms with Crippen LogP contribution in [0.4, 0.5) is 5.82 Å². The highest BCUT2D eigenvalue weighted by Gasteiger charge is 2.04. The van der Waals surface area contributed by atoms with Crippen molar-refractivity contribution < 1.29 is 0 Å². The molecule has 0 aliphatic heterocycles. The summed E-state index contributed by atoms with van der Waals surface area (Å²) in [6, 6.07) is 6.08. The minimum atomic E-state index is 0.846. The van der Waals surface area contributed by atoms with Crippen LogP contribution in [0, 0.1) is 6.92 Å². The van der Waals surface area contributed by atoms with Crippen molar-refractivity contribution in [3.8, 4) is 11.3 Å². The van der Waals surface area contributed by atoms with Gasteiger partial charge in [0.2, 0.25) is 0 Å². The van der Waals surface area contributed by atoms with E-state index in [1.54, 1.807) is 11.3 Å². The molecule has 84 valence electrons. The monoisotopic (exact) mass is 233 g/mol. The maximum atomic E-state index is 4.23. The molecule has 0 radical (unpaired) electrons. The fraction of sp³-hybridized carbons (Fsp3) is 0.333. The van der Waals surface area contributed by atoms with E-state index in [1.807, 2.05) is 12.1 Å². The summed E-state index contributed by atoms with van der Waals surface area (Å²) >= 11 is 1.73. The number of rotatable bonds is 4. The maximum Gasteiger partial charge on any atom is 0.148 e. The summed E-state index contributed by atoms with van der Waals surface area (Å²) in [5, 5.41) is 13.7. The molecule has 0 aromatic carbocycles. The average Bonchev–Trinajstić information content (AvgIpc) is 2.74. The number of hydrogen-bond acceptors (Lipinski definition) is 4. The fourth-order valence-electron chi connectivity index (χ4n) is 1.47. The van der Waals surface area contributed by atoms with Gasteiger partial charge in [-0.3, -0.25) is 0 Å². The molecule has 2 aromatic heterocycles. The van der Waals surface area contributed by atoms with E-state index in [1.165, 1.54) is 10.4 Å². The highest BCUT2D eigenvalue weighted by molar-refractivity contribution is 7.10. The zero-order valence-electron chi connectivity index (χ0n) is 9.53. The Morgan fingerprint density at radius 2 is 2.12 bits per heavy atom. The van der Waals surface area contributed by atoms with Crippen molar-refractivity contribution in [2.75, 3.05) is 11.9 Å². The van der Waals surface area contributed by atoms with Gasteiger partial charge in [0, 0.05) is 17.0 Å². The van der Waals surface area contributed by atoms with Gasteiger partial charge >= 0.3 is 0 Å². The fourth-order valence-corrected chi connectivity index (χ4v) is 2.18. The van der Waals surface area contributed by atoms with Crippen molar-refractivity contribution in [1.82, 2.24) is 10.2 Å². The van der Waals surface area contributed by atoms with Gasteiger partial charge in [0.15, 0.2) is 0 Å². The minimum Gasteiger partial charge on any atom is -0.369 e. The minimum absolute atomic E-state index is 0.846. The number of nitrogens with zero attached hydrogens (tertiary/aromatic N) is 2. The van der Waals surface area contributed by atoms with Crippen LogP contribution in [0.2, 0.25) is 0 Å². The number of thiophene rings is 1. The lowest BCUT2D eigenvalue weighted by molar-refractivity contribution is 0.945. The smallest absolute Gasteiger partial charge is 0.148 e. The van der Waals surface area contributed by atoms with Crippen LogP contribution in [0.25, 0.3) is 11.3 Å². The van der Waals surface area contributed by atoms with Crippen LogP contribution in [-0.4, -0.2) is 16.7 Å². The van der Waals surface area contributed by atoms with Crippen molar-refractivity contribution in [2.45, 2.75) is 20.3 Å². The van der Waals surface area contributed by atoms with E-state index in [2.05, 4.69) is 40.8 Å². The Morgan fingerprint density at radius 3 is 2.69 bits per heavy atom. The predicted octanol–water partition coefficient (Wildman–Crippen LogP) is 3.34. The highest BCUT2D eigenvalue weighted by atomic mass is 32.1. The SMILES string of the molecule is CCCNc1ccc(-c2ccsc2C)nn1. The Hall–Kier alpha value is -1.42. The Bertz CT molecular complexity index is 448. The number of aromatic nitrogens is 2. The average molecular weight is 233 g/mol. The van der Waals surface area contributed by atoms with Gasteiger partial charge in [-0.2, -0.15) is 0 Å². The van der Waals surface area contributed by atoms with E-state index in [9.17, 15) is 0 Å². The number of nitrogens with one attached hydrogen (secondary N) is 1. The van der Waals surface area contributed by atoms with Crippen LogP contribution < -0.4 is 5.32 Å². The zero-order valence-corrected chi connectivity index (χ0v) is 10.3. The first-order valence-electron chi connectivity index (χ1n) is 5.43. The molecule has 0 saturated heterocycles. The molecule has 2 rings (SSSR count). The summed E-state index contributed by atoms with van der Waals surface area (Å²) in [6.45, 7) is 5.17.